The molecule has 3 aliphatic rings. The van der Waals surface area contributed by atoms with Crippen LogP contribution in [0.1, 0.15) is 53.1 Å². The molecule has 0 saturated carbocycles. The van der Waals surface area contributed by atoms with Crippen molar-refractivity contribution in [1.29, 1.82) is 0 Å². The van der Waals surface area contributed by atoms with Gasteiger partial charge in [0.1, 0.15) is 6.61 Å². The van der Waals surface area contributed by atoms with Gasteiger partial charge in [0, 0.05) is 29.5 Å². The van der Waals surface area contributed by atoms with E-state index >= 15 is 0 Å². The van der Waals surface area contributed by atoms with E-state index in [2.05, 4.69) is 29.0 Å². The number of carbonyl (C=O) groups excluding carboxylic acids is 2. The van der Waals surface area contributed by atoms with Crippen molar-refractivity contribution in [1.82, 2.24) is 4.90 Å². The molecule has 6 rings (SSSR count). The van der Waals surface area contributed by atoms with E-state index in [4.69, 9.17) is 4.74 Å². The lowest BCUT2D eigenvalue weighted by atomic mass is 9.85. The Bertz CT molecular complexity index is 1380. The second-order valence-electron chi connectivity index (χ2n) is 10.3. The molecule has 0 N–H and O–H groups in total. The summed E-state index contributed by atoms with van der Waals surface area (Å²) in [6, 6.07) is 18.6. The van der Waals surface area contributed by atoms with Crippen LogP contribution in [0.15, 0.2) is 66.7 Å². The van der Waals surface area contributed by atoms with Crippen LogP contribution in [0.4, 0.5) is 22.4 Å². The third kappa shape index (κ3) is 4.75. The zero-order valence-corrected chi connectivity index (χ0v) is 20.8. The van der Waals surface area contributed by atoms with Crippen LogP contribution >= 0.6 is 0 Å². The van der Waals surface area contributed by atoms with Crippen molar-refractivity contribution in [3.8, 4) is 16.9 Å². The summed E-state index contributed by atoms with van der Waals surface area (Å²) < 4.78 is 61.0. The zero-order chi connectivity index (χ0) is 27.3. The number of alkyl halides is 3. The Morgan fingerprint density at radius 2 is 1.46 bits per heavy atom. The van der Waals surface area contributed by atoms with Crippen LogP contribution in [-0.4, -0.2) is 41.8 Å². The topological polar surface area (TPSA) is 55.8 Å². The molecule has 0 radical (unpaired) electrons. The largest absolute Gasteiger partial charge is 0.573 e. The molecule has 2 aliphatic heterocycles. The molecule has 2 heterocycles. The lowest BCUT2D eigenvalue weighted by molar-refractivity contribution is -0.275. The van der Waals surface area contributed by atoms with Crippen molar-refractivity contribution in [2.45, 2.75) is 50.0 Å². The SMILES string of the molecule is O=C(c1ccc(OC(F)(F)F)c(F)c1)C1CC2CCC(C1)N2C(=O)OCC1c2ccccc2-c2ccccc21. The number of amides is 1. The molecule has 2 saturated heterocycles. The molecule has 3 aromatic rings. The summed E-state index contributed by atoms with van der Waals surface area (Å²) in [5.41, 5.74) is 4.52. The van der Waals surface area contributed by atoms with Gasteiger partial charge < -0.3 is 14.4 Å². The molecule has 1 aliphatic carbocycles. The van der Waals surface area contributed by atoms with E-state index in [1.807, 2.05) is 24.3 Å². The minimum atomic E-state index is -5.03. The number of Topliss-reactive ketones (excluding diaryl/α,β-unsaturated/α-hetero) is 1. The highest BCUT2D eigenvalue weighted by atomic mass is 19.4. The Hall–Kier alpha value is -3.88. The summed E-state index contributed by atoms with van der Waals surface area (Å²) in [5.74, 6) is -3.11. The van der Waals surface area contributed by atoms with E-state index in [0.29, 0.717) is 12.8 Å². The van der Waals surface area contributed by atoms with Crippen molar-refractivity contribution in [3.05, 3.63) is 89.2 Å². The highest BCUT2D eigenvalue weighted by molar-refractivity contribution is 5.98. The Kier molecular flexibility index (Phi) is 6.32. The van der Waals surface area contributed by atoms with E-state index < -0.39 is 29.9 Å². The molecule has 2 bridgehead atoms. The number of ketones is 1. The van der Waals surface area contributed by atoms with Crippen LogP contribution in [0.5, 0.6) is 5.75 Å². The highest BCUT2D eigenvalue weighted by Crippen LogP contribution is 2.45. The molecular formula is C30H25F4NO4. The molecular weight excluding hydrogens is 514 g/mol. The lowest BCUT2D eigenvalue weighted by Crippen LogP contribution is -2.48. The molecule has 9 heteroatoms. The van der Waals surface area contributed by atoms with Gasteiger partial charge in [0.25, 0.3) is 0 Å². The maximum atomic E-state index is 14.2. The number of benzene rings is 3. The molecule has 5 nitrogen and oxygen atoms in total. The van der Waals surface area contributed by atoms with Gasteiger partial charge in [0.05, 0.1) is 0 Å². The monoisotopic (exact) mass is 539 g/mol. The Morgan fingerprint density at radius 3 is 2.03 bits per heavy atom. The smallest absolute Gasteiger partial charge is 0.448 e. The minimum absolute atomic E-state index is 0.0129. The van der Waals surface area contributed by atoms with Crippen LogP contribution in [0.25, 0.3) is 11.1 Å². The third-order valence-electron chi connectivity index (χ3n) is 8.09. The van der Waals surface area contributed by atoms with E-state index in [-0.39, 0.29) is 36.0 Å². The molecule has 2 fully saturated rings. The molecule has 202 valence electrons. The van der Waals surface area contributed by atoms with E-state index in [9.17, 15) is 27.2 Å². The van der Waals surface area contributed by atoms with Crippen LogP contribution in [0.2, 0.25) is 0 Å². The van der Waals surface area contributed by atoms with Crippen molar-refractivity contribution in [2.75, 3.05) is 6.61 Å². The third-order valence-corrected chi connectivity index (χ3v) is 8.09. The Balaban J connectivity index is 1.11. The summed E-state index contributed by atoms with van der Waals surface area (Å²) in [7, 11) is 0. The lowest BCUT2D eigenvalue weighted by Gasteiger charge is -2.37. The molecule has 0 spiro atoms. The summed E-state index contributed by atoms with van der Waals surface area (Å²) in [5, 5.41) is 0. The first-order valence-corrected chi connectivity index (χ1v) is 12.9. The van der Waals surface area contributed by atoms with Crippen LogP contribution < -0.4 is 4.74 Å². The summed E-state index contributed by atoms with van der Waals surface area (Å²) >= 11 is 0. The maximum absolute atomic E-state index is 14.2. The first-order chi connectivity index (χ1) is 18.7. The van der Waals surface area contributed by atoms with Gasteiger partial charge in [-0.15, -0.1) is 13.2 Å². The van der Waals surface area contributed by atoms with Crippen molar-refractivity contribution >= 4 is 11.9 Å². The molecule has 2 atom stereocenters. The number of nitrogens with zero attached hydrogens (tertiary/aromatic N) is 1. The normalized spacial score (nSPS) is 21.8. The predicted molar refractivity (Wildman–Crippen MR) is 134 cm³/mol. The summed E-state index contributed by atoms with van der Waals surface area (Å²) in [6.07, 6.45) is -3.20. The van der Waals surface area contributed by atoms with Crippen molar-refractivity contribution in [3.63, 3.8) is 0 Å². The summed E-state index contributed by atoms with van der Waals surface area (Å²) in [6.45, 7) is 0.205. The van der Waals surface area contributed by atoms with E-state index in [0.717, 1.165) is 53.3 Å². The van der Waals surface area contributed by atoms with Gasteiger partial charge >= 0.3 is 12.5 Å². The van der Waals surface area contributed by atoms with Gasteiger partial charge in [0.15, 0.2) is 17.3 Å². The summed E-state index contributed by atoms with van der Waals surface area (Å²) in [4.78, 5) is 28.1. The van der Waals surface area contributed by atoms with Crippen LogP contribution in [0.3, 0.4) is 0 Å². The Morgan fingerprint density at radius 1 is 0.872 bits per heavy atom. The number of fused-ring (bicyclic) bond motifs is 5. The van der Waals surface area contributed by atoms with Gasteiger partial charge in [-0.1, -0.05) is 48.5 Å². The maximum Gasteiger partial charge on any atom is 0.573 e. The van der Waals surface area contributed by atoms with Crippen LogP contribution in [0, 0.1) is 11.7 Å². The van der Waals surface area contributed by atoms with Gasteiger partial charge in [-0.05, 0) is 66.1 Å². The van der Waals surface area contributed by atoms with E-state index in [1.54, 1.807) is 4.90 Å². The zero-order valence-electron chi connectivity index (χ0n) is 20.8. The van der Waals surface area contributed by atoms with Crippen molar-refractivity contribution in [2.24, 2.45) is 5.92 Å². The first-order valence-electron chi connectivity index (χ1n) is 12.9. The number of hydrogen-bond acceptors (Lipinski definition) is 4. The number of rotatable bonds is 5. The fraction of sp³-hybridized carbons (Fsp3) is 0.333. The van der Waals surface area contributed by atoms with Crippen molar-refractivity contribution < 1.29 is 36.6 Å². The average Bonchev–Trinajstić information content (AvgIpc) is 3.37. The van der Waals surface area contributed by atoms with E-state index in [1.165, 1.54) is 0 Å². The molecule has 0 aromatic heterocycles. The molecule has 2 unspecified atom stereocenters. The second-order valence-corrected chi connectivity index (χ2v) is 10.3. The van der Waals surface area contributed by atoms with Gasteiger partial charge in [-0.25, -0.2) is 9.18 Å². The fourth-order valence-corrected chi connectivity index (χ4v) is 6.46. The van der Waals surface area contributed by atoms with Gasteiger partial charge in [-0.2, -0.15) is 0 Å². The fourth-order valence-electron chi connectivity index (χ4n) is 6.46. The van der Waals surface area contributed by atoms with Gasteiger partial charge in [-0.3, -0.25) is 4.79 Å². The number of carbonyl (C=O) groups is 2. The van der Waals surface area contributed by atoms with Crippen LogP contribution in [-0.2, 0) is 4.74 Å². The molecule has 3 aromatic carbocycles. The number of piperidine rings is 1. The molecule has 39 heavy (non-hydrogen) atoms. The quantitative estimate of drug-likeness (QED) is 0.256. The standard InChI is InChI=1S/C30H25F4NO4/c31-26-15-17(9-12-27(26)39-30(32,33)34)28(36)18-13-19-10-11-20(14-18)35(19)29(37)38-16-25-23-7-3-1-5-21(23)22-6-2-4-8-24(22)25/h1-9,12,15,18-20,25H,10-11,13-14,16H2. The van der Waals surface area contributed by atoms with Gasteiger partial charge in [0.2, 0.25) is 0 Å². The predicted octanol–water partition coefficient (Wildman–Crippen LogP) is 7.10. The number of ether oxygens (including phenoxy) is 2. The Labute approximate surface area is 222 Å². The first kappa shape index (κ1) is 25.4. The number of hydrogen-bond donors (Lipinski definition) is 0. The number of halogens is 4. The average molecular weight is 540 g/mol. The highest BCUT2D eigenvalue weighted by Gasteiger charge is 2.46. The minimum Gasteiger partial charge on any atom is -0.448 e. The molecule has 1 amide bonds. The second kappa shape index (κ2) is 9.70.